The molecule has 0 amide bonds. The highest BCUT2D eigenvalue weighted by atomic mass is 16.5. The molecule has 88 valence electrons. The minimum atomic E-state index is -0.309. The fourth-order valence-electron chi connectivity index (χ4n) is 1.30. The first-order valence-corrected chi connectivity index (χ1v) is 5.02. The number of ether oxygens (including phenoxy) is 2. The van der Waals surface area contributed by atoms with Gasteiger partial charge in [0, 0.05) is 5.56 Å². The summed E-state index contributed by atoms with van der Waals surface area (Å²) in [5.41, 5.74) is 1.30. The molecule has 1 aromatic rings. The zero-order valence-corrected chi connectivity index (χ0v) is 9.77. The van der Waals surface area contributed by atoms with Crippen molar-refractivity contribution in [2.45, 2.75) is 6.42 Å². The van der Waals surface area contributed by atoms with Crippen molar-refractivity contribution >= 4 is 12.0 Å². The Morgan fingerprint density at radius 3 is 2.82 bits per heavy atom. The Morgan fingerprint density at radius 2 is 2.24 bits per heavy atom. The lowest BCUT2D eigenvalue weighted by molar-refractivity contribution is -0.139. The van der Waals surface area contributed by atoms with Gasteiger partial charge >= 0.3 is 5.97 Å². The van der Waals surface area contributed by atoms with Crippen LogP contribution in [0.25, 0.3) is 6.08 Å². The van der Waals surface area contributed by atoms with Crippen LogP contribution in [0.2, 0.25) is 0 Å². The van der Waals surface area contributed by atoms with Crippen molar-refractivity contribution in [2.24, 2.45) is 0 Å². The van der Waals surface area contributed by atoms with Crippen molar-refractivity contribution in [3.8, 4) is 11.8 Å². The number of esters is 1. The van der Waals surface area contributed by atoms with Crippen LogP contribution < -0.4 is 4.74 Å². The maximum Gasteiger partial charge on any atom is 0.309 e. The van der Waals surface area contributed by atoms with Gasteiger partial charge in [0.2, 0.25) is 0 Å². The lowest BCUT2D eigenvalue weighted by Gasteiger charge is -2.04. The molecular weight excluding hydrogens is 218 g/mol. The van der Waals surface area contributed by atoms with Crippen molar-refractivity contribution in [3.63, 3.8) is 0 Å². The van der Waals surface area contributed by atoms with Crippen LogP contribution in [0.1, 0.15) is 17.5 Å². The Hall–Kier alpha value is -2.28. The third kappa shape index (κ3) is 3.65. The average molecular weight is 231 g/mol. The Labute approximate surface area is 100 Å². The predicted octanol–water partition coefficient (Wildman–Crippen LogP) is 2.14. The summed E-state index contributed by atoms with van der Waals surface area (Å²) in [6.45, 7) is 0. The molecule has 17 heavy (non-hydrogen) atoms. The third-order valence-electron chi connectivity index (χ3n) is 2.17. The number of hydrogen-bond acceptors (Lipinski definition) is 4. The van der Waals surface area contributed by atoms with Gasteiger partial charge in [-0.3, -0.25) is 4.79 Å². The normalized spacial score (nSPS) is 9.94. The number of carbonyl (C=O) groups is 1. The molecule has 0 bridgehead atoms. The molecule has 0 fully saturated rings. The second kappa shape index (κ2) is 6.33. The van der Waals surface area contributed by atoms with E-state index in [1.807, 2.05) is 6.07 Å². The van der Waals surface area contributed by atoms with Crippen LogP contribution >= 0.6 is 0 Å². The van der Waals surface area contributed by atoms with Gasteiger partial charge in [-0.05, 0) is 18.2 Å². The fraction of sp³-hybridized carbons (Fsp3) is 0.231. The number of rotatable bonds is 4. The van der Waals surface area contributed by atoms with Crippen molar-refractivity contribution in [3.05, 3.63) is 35.4 Å². The van der Waals surface area contributed by atoms with Crippen LogP contribution in [0.15, 0.2) is 24.3 Å². The summed E-state index contributed by atoms with van der Waals surface area (Å²) in [7, 11) is 2.89. The highest BCUT2D eigenvalue weighted by molar-refractivity contribution is 5.73. The summed E-state index contributed by atoms with van der Waals surface area (Å²) < 4.78 is 9.67. The summed E-state index contributed by atoms with van der Waals surface area (Å²) >= 11 is 0. The van der Waals surface area contributed by atoms with E-state index in [1.54, 1.807) is 37.5 Å². The molecule has 0 unspecified atom stereocenters. The molecule has 4 heteroatoms. The third-order valence-corrected chi connectivity index (χ3v) is 2.17. The number of carbonyl (C=O) groups excluding carboxylic acids is 1. The van der Waals surface area contributed by atoms with E-state index < -0.39 is 0 Å². The lowest BCUT2D eigenvalue weighted by atomic mass is 10.1. The minimum Gasteiger partial charge on any atom is -0.496 e. The largest absolute Gasteiger partial charge is 0.496 e. The summed E-state index contributed by atoms with van der Waals surface area (Å²) in [6.07, 6.45) is 3.60. The maximum atomic E-state index is 10.9. The first kappa shape index (κ1) is 12.8. The van der Waals surface area contributed by atoms with Crippen molar-refractivity contribution in [1.82, 2.24) is 0 Å². The topological polar surface area (TPSA) is 59.3 Å². The highest BCUT2D eigenvalue weighted by Gasteiger charge is 2.01. The number of nitriles is 1. The van der Waals surface area contributed by atoms with Gasteiger partial charge in [0.15, 0.2) is 0 Å². The lowest BCUT2D eigenvalue weighted by Crippen LogP contribution is -1.96. The SMILES string of the molecule is COC(=O)CC=Cc1cc(C#N)ccc1OC. The molecule has 0 heterocycles. The van der Waals surface area contributed by atoms with E-state index >= 15 is 0 Å². The zero-order chi connectivity index (χ0) is 12.7. The van der Waals surface area contributed by atoms with E-state index in [9.17, 15) is 4.79 Å². The summed E-state index contributed by atoms with van der Waals surface area (Å²) in [6, 6.07) is 7.14. The molecule has 0 N–H and O–H groups in total. The van der Waals surface area contributed by atoms with E-state index in [-0.39, 0.29) is 12.4 Å². The van der Waals surface area contributed by atoms with Crippen LogP contribution in [0.3, 0.4) is 0 Å². The van der Waals surface area contributed by atoms with Gasteiger partial charge in [-0.15, -0.1) is 0 Å². The summed E-state index contributed by atoms with van der Waals surface area (Å²) in [5, 5.41) is 8.79. The van der Waals surface area contributed by atoms with Crippen molar-refractivity contribution in [1.29, 1.82) is 5.26 Å². The van der Waals surface area contributed by atoms with E-state index in [1.165, 1.54) is 7.11 Å². The number of hydrogen-bond donors (Lipinski definition) is 0. The molecule has 0 aliphatic carbocycles. The Morgan fingerprint density at radius 1 is 1.47 bits per heavy atom. The Bertz CT molecular complexity index is 472. The number of benzene rings is 1. The van der Waals surface area contributed by atoms with Crippen molar-refractivity contribution in [2.75, 3.05) is 14.2 Å². The molecule has 1 aromatic carbocycles. The van der Waals surface area contributed by atoms with Gasteiger partial charge in [0.05, 0.1) is 32.3 Å². The van der Waals surface area contributed by atoms with Crippen LogP contribution in [-0.4, -0.2) is 20.2 Å². The van der Waals surface area contributed by atoms with Gasteiger partial charge in [0.25, 0.3) is 0 Å². The zero-order valence-electron chi connectivity index (χ0n) is 9.77. The first-order chi connectivity index (χ1) is 8.21. The molecule has 4 nitrogen and oxygen atoms in total. The van der Waals surface area contributed by atoms with E-state index in [0.717, 1.165) is 5.56 Å². The van der Waals surface area contributed by atoms with Gasteiger partial charge in [-0.1, -0.05) is 12.2 Å². The molecule has 0 atom stereocenters. The van der Waals surface area contributed by atoms with Gasteiger partial charge in [-0.25, -0.2) is 0 Å². The molecule has 0 saturated heterocycles. The molecule has 0 aliphatic rings. The molecule has 0 aliphatic heterocycles. The fourth-order valence-corrected chi connectivity index (χ4v) is 1.30. The average Bonchev–Trinajstić information content (AvgIpc) is 2.38. The molecule has 0 saturated carbocycles. The molecule has 1 rings (SSSR count). The maximum absolute atomic E-state index is 10.9. The Balaban J connectivity index is 2.88. The number of nitrogens with zero attached hydrogens (tertiary/aromatic N) is 1. The molecule has 0 aromatic heterocycles. The standard InChI is InChI=1S/C13H13NO3/c1-16-12-7-6-10(9-14)8-11(12)4-3-5-13(15)17-2/h3-4,6-8H,5H2,1-2H3. The highest BCUT2D eigenvalue weighted by Crippen LogP contribution is 2.21. The molecule has 0 spiro atoms. The van der Waals surface area contributed by atoms with Crippen LogP contribution in [0.5, 0.6) is 5.75 Å². The van der Waals surface area contributed by atoms with Crippen LogP contribution in [0.4, 0.5) is 0 Å². The van der Waals surface area contributed by atoms with E-state index in [0.29, 0.717) is 11.3 Å². The quantitative estimate of drug-likeness (QED) is 0.745. The molecule has 0 radical (unpaired) electrons. The monoisotopic (exact) mass is 231 g/mol. The van der Waals surface area contributed by atoms with Crippen LogP contribution in [0, 0.1) is 11.3 Å². The second-order valence-corrected chi connectivity index (χ2v) is 3.25. The van der Waals surface area contributed by atoms with E-state index in [2.05, 4.69) is 4.74 Å². The Kier molecular flexibility index (Phi) is 4.77. The second-order valence-electron chi connectivity index (χ2n) is 3.25. The molecular formula is C13H13NO3. The van der Waals surface area contributed by atoms with Crippen LogP contribution in [-0.2, 0) is 9.53 Å². The summed E-state index contributed by atoms with van der Waals surface area (Å²) in [5.74, 6) is 0.349. The number of methoxy groups -OCH3 is 2. The van der Waals surface area contributed by atoms with Gasteiger partial charge < -0.3 is 9.47 Å². The van der Waals surface area contributed by atoms with E-state index in [4.69, 9.17) is 10.00 Å². The first-order valence-electron chi connectivity index (χ1n) is 5.02. The smallest absolute Gasteiger partial charge is 0.309 e. The van der Waals surface area contributed by atoms with Gasteiger partial charge in [-0.2, -0.15) is 5.26 Å². The van der Waals surface area contributed by atoms with Gasteiger partial charge in [0.1, 0.15) is 5.75 Å². The predicted molar refractivity (Wildman–Crippen MR) is 63.4 cm³/mol. The summed E-state index contributed by atoms with van der Waals surface area (Å²) in [4.78, 5) is 10.9. The minimum absolute atomic E-state index is 0.191. The van der Waals surface area contributed by atoms with Crippen molar-refractivity contribution < 1.29 is 14.3 Å².